The molecule has 0 radical (unpaired) electrons. The molecule has 1 amide bonds. The molecule has 0 bridgehead atoms. The molecule has 0 aromatic carbocycles. The summed E-state index contributed by atoms with van der Waals surface area (Å²) in [5.74, 6) is 0.524. The molecule has 0 aliphatic carbocycles. The summed E-state index contributed by atoms with van der Waals surface area (Å²) in [6.45, 7) is 6.39. The molecule has 1 aromatic heterocycles. The van der Waals surface area contributed by atoms with Gasteiger partial charge in [0, 0.05) is 25.1 Å². The van der Waals surface area contributed by atoms with Gasteiger partial charge in [-0.05, 0) is 19.8 Å². The lowest BCUT2D eigenvalue weighted by Crippen LogP contribution is -2.38. The van der Waals surface area contributed by atoms with E-state index in [2.05, 4.69) is 22.5 Å². The molecular weight excluding hydrogens is 276 g/mol. The van der Waals surface area contributed by atoms with E-state index in [1.807, 2.05) is 6.92 Å². The summed E-state index contributed by atoms with van der Waals surface area (Å²) in [4.78, 5) is 16.9. The first kappa shape index (κ1) is 15.1. The maximum absolute atomic E-state index is 12.2. The summed E-state index contributed by atoms with van der Waals surface area (Å²) in [6, 6.07) is 0.0820. The van der Waals surface area contributed by atoms with Crippen LogP contribution in [0.3, 0.4) is 0 Å². The summed E-state index contributed by atoms with van der Waals surface area (Å²) in [7, 11) is 0. The van der Waals surface area contributed by atoms with Crippen molar-refractivity contribution in [3.8, 4) is 0 Å². The third kappa shape index (κ3) is 3.61. The Morgan fingerprint density at radius 1 is 1.65 bits per heavy atom. The van der Waals surface area contributed by atoms with E-state index in [1.54, 1.807) is 0 Å². The highest BCUT2D eigenvalue weighted by atomic mass is 32.1. The van der Waals surface area contributed by atoms with Gasteiger partial charge in [-0.15, -0.1) is 0 Å². The minimum atomic E-state index is -0.149. The first-order valence-electron chi connectivity index (χ1n) is 7.00. The molecule has 6 nitrogen and oxygen atoms in total. The first-order chi connectivity index (χ1) is 9.61. The van der Waals surface area contributed by atoms with E-state index in [0.29, 0.717) is 28.4 Å². The lowest BCUT2D eigenvalue weighted by Gasteiger charge is -2.18. The Kier molecular flexibility index (Phi) is 5.19. The fourth-order valence-corrected chi connectivity index (χ4v) is 2.95. The summed E-state index contributed by atoms with van der Waals surface area (Å²) in [5, 5.41) is 6.84. The van der Waals surface area contributed by atoms with E-state index in [1.165, 1.54) is 11.3 Å². The van der Waals surface area contributed by atoms with E-state index >= 15 is 0 Å². The van der Waals surface area contributed by atoms with Crippen molar-refractivity contribution >= 4 is 28.2 Å². The van der Waals surface area contributed by atoms with E-state index in [9.17, 15) is 4.79 Å². The number of ether oxygens (including phenoxy) is 1. The second-order valence-corrected chi connectivity index (χ2v) is 6.05. The van der Waals surface area contributed by atoms with Crippen LogP contribution in [-0.2, 0) is 4.74 Å². The number of nitrogens with zero attached hydrogens (tertiary/aromatic N) is 1. The largest absolute Gasteiger partial charge is 0.382 e. The molecule has 2 heterocycles. The quantitative estimate of drug-likeness (QED) is 0.744. The fraction of sp³-hybridized carbons (Fsp3) is 0.692. The van der Waals surface area contributed by atoms with Gasteiger partial charge in [-0.1, -0.05) is 18.3 Å². The number of carbonyl (C=O) groups is 1. The maximum Gasteiger partial charge on any atom is 0.265 e. The number of aromatic nitrogens is 1. The van der Waals surface area contributed by atoms with Gasteiger partial charge in [-0.25, -0.2) is 4.98 Å². The number of carbonyl (C=O) groups excluding carboxylic acids is 1. The summed E-state index contributed by atoms with van der Waals surface area (Å²) in [5.41, 5.74) is 5.82. The summed E-state index contributed by atoms with van der Waals surface area (Å²) >= 11 is 1.30. The Morgan fingerprint density at radius 3 is 3.10 bits per heavy atom. The van der Waals surface area contributed by atoms with Gasteiger partial charge in [0.15, 0.2) is 5.13 Å². The SMILES string of the molecule is CCCNc1nc(N)c(C(=O)NC(C)C2CCOC2)s1. The zero-order valence-corrected chi connectivity index (χ0v) is 12.8. The van der Waals surface area contributed by atoms with Crippen molar-refractivity contribution in [2.45, 2.75) is 32.7 Å². The Labute approximate surface area is 123 Å². The average molecular weight is 298 g/mol. The Morgan fingerprint density at radius 2 is 2.45 bits per heavy atom. The van der Waals surface area contributed by atoms with Crippen molar-refractivity contribution in [3.05, 3.63) is 4.88 Å². The summed E-state index contributed by atoms with van der Waals surface area (Å²) in [6.07, 6.45) is 1.99. The number of nitrogens with two attached hydrogens (primary N) is 1. The van der Waals surface area contributed by atoms with Crippen LogP contribution in [0.2, 0.25) is 0 Å². The van der Waals surface area contributed by atoms with Crippen molar-refractivity contribution in [2.75, 3.05) is 30.8 Å². The van der Waals surface area contributed by atoms with Crippen LogP contribution in [0.1, 0.15) is 36.4 Å². The molecule has 1 aliphatic heterocycles. The fourth-order valence-electron chi connectivity index (χ4n) is 2.14. The predicted octanol–water partition coefficient (Wildman–Crippen LogP) is 1.70. The van der Waals surface area contributed by atoms with Gasteiger partial charge < -0.3 is 21.1 Å². The highest BCUT2D eigenvalue weighted by molar-refractivity contribution is 7.18. The number of hydrogen-bond acceptors (Lipinski definition) is 6. The van der Waals surface area contributed by atoms with Crippen molar-refractivity contribution in [1.82, 2.24) is 10.3 Å². The van der Waals surface area contributed by atoms with Gasteiger partial charge in [0.25, 0.3) is 5.91 Å². The number of amides is 1. The third-order valence-corrected chi connectivity index (χ3v) is 4.44. The second-order valence-electron chi connectivity index (χ2n) is 5.05. The Hall–Kier alpha value is -1.34. The minimum Gasteiger partial charge on any atom is -0.382 e. The number of thiazole rings is 1. The normalized spacial score (nSPS) is 19.8. The smallest absolute Gasteiger partial charge is 0.265 e. The zero-order chi connectivity index (χ0) is 14.5. The molecule has 0 spiro atoms. The molecule has 0 saturated carbocycles. The maximum atomic E-state index is 12.2. The van der Waals surface area contributed by atoms with Crippen LogP contribution in [0.15, 0.2) is 0 Å². The molecule has 4 N–H and O–H groups in total. The lowest BCUT2D eigenvalue weighted by molar-refractivity contribution is 0.0927. The molecule has 2 atom stereocenters. The number of nitrogens with one attached hydrogen (secondary N) is 2. The van der Waals surface area contributed by atoms with Gasteiger partial charge in [0.05, 0.1) is 6.61 Å². The van der Waals surface area contributed by atoms with Crippen molar-refractivity contribution in [2.24, 2.45) is 5.92 Å². The van der Waals surface area contributed by atoms with Crippen LogP contribution in [0, 0.1) is 5.92 Å². The molecule has 20 heavy (non-hydrogen) atoms. The third-order valence-electron chi connectivity index (χ3n) is 3.42. The van der Waals surface area contributed by atoms with Crippen LogP contribution in [-0.4, -0.2) is 36.7 Å². The lowest BCUT2D eigenvalue weighted by atomic mass is 10.0. The number of anilines is 2. The van der Waals surface area contributed by atoms with E-state index in [0.717, 1.165) is 26.0 Å². The molecule has 112 valence electrons. The molecule has 7 heteroatoms. The molecule has 1 saturated heterocycles. The molecule has 2 rings (SSSR count). The highest BCUT2D eigenvalue weighted by Gasteiger charge is 2.25. The second kappa shape index (κ2) is 6.90. The van der Waals surface area contributed by atoms with Gasteiger partial charge in [0.1, 0.15) is 10.7 Å². The molecule has 1 aromatic rings. The van der Waals surface area contributed by atoms with Crippen LogP contribution in [0.4, 0.5) is 10.9 Å². The molecular formula is C13H22N4O2S. The molecule has 2 unspecified atom stereocenters. The predicted molar refractivity (Wildman–Crippen MR) is 81.2 cm³/mol. The zero-order valence-electron chi connectivity index (χ0n) is 11.9. The van der Waals surface area contributed by atoms with Gasteiger partial charge in [-0.2, -0.15) is 0 Å². The Balaban J connectivity index is 1.95. The van der Waals surface area contributed by atoms with E-state index in [4.69, 9.17) is 10.5 Å². The standard InChI is InChI=1S/C13H22N4O2S/c1-3-5-15-13-17-11(14)10(20-13)12(18)16-8(2)9-4-6-19-7-9/h8-9H,3-7,14H2,1-2H3,(H,15,17)(H,16,18). The Bertz CT molecular complexity index is 457. The van der Waals surface area contributed by atoms with Crippen molar-refractivity contribution in [1.29, 1.82) is 0 Å². The van der Waals surface area contributed by atoms with Crippen LogP contribution >= 0.6 is 11.3 Å². The monoisotopic (exact) mass is 298 g/mol. The number of rotatable bonds is 6. The van der Waals surface area contributed by atoms with Crippen LogP contribution in [0.5, 0.6) is 0 Å². The average Bonchev–Trinajstić information content (AvgIpc) is 3.05. The van der Waals surface area contributed by atoms with Crippen LogP contribution in [0.25, 0.3) is 0 Å². The van der Waals surface area contributed by atoms with Gasteiger partial charge >= 0.3 is 0 Å². The van der Waals surface area contributed by atoms with Crippen molar-refractivity contribution in [3.63, 3.8) is 0 Å². The van der Waals surface area contributed by atoms with E-state index in [-0.39, 0.29) is 11.9 Å². The summed E-state index contributed by atoms with van der Waals surface area (Å²) < 4.78 is 5.34. The minimum absolute atomic E-state index is 0.0820. The molecule has 1 fully saturated rings. The highest BCUT2D eigenvalue weighted by Crippen LogP contribution is 2.25. The van der Waals surface area contributed by atoms with Gasteiger partial charge in [0.2, 0.25) is 0 Å². The van der Waals surface area contributed by atoms with Crippen molar-refractivity contribution < 1.29 is 9.53 Å². The van der Waals surface area contributed by atoms with Gasteiger partial charge in [-0.3, -0.25) is 4.79 Å². The number of nitrogen functional groups attached to an aromatic ring is 1. The van der Waals surface area contributed by atoms with E-state index < -0.39 is 0 Å². The van der Waals surface area contributed by atoms with Crippen LogP contribution < -0.4 is 16.4 Å². The topological polar surface area (TPSA) is 89.3 Å². The number of hydrogen-bond donors (Lipinski definition) is 3. The molecule has 1 aliphatic rings. The first-order valence-corrected chi connectivity index (χ1v) is 7.82.